The summed E-state index contributed by atoms with van der Waals surface area (Å²) in [6.45, 7) is 15.1. The molecule has 12 nitrogen and oxygen atoms in total. The lowest BCUT2D eigenvalue weighted by molar-refractivity contribution is 0.0696. The third-order valence-electron chi connectivity index (χ3n) is 8.51. The molecule has 0 radical (unpaired) electrons. The van der Waals surface area contributed by atoms with Crippen molar-refractivity contribution in [3.63, 3.8) is 0 Å². The molecular weight excluding hydrogens is 669 g/mol. The molecule has 13 heteroatoms. The maximum Gasteiger partial charge on any atom is 0.335 e. The number of aryl methyl sites for hydroxylation is 3. The Balaban J connectivity index is 1.48. The summed E-state index contributed by atoms with van der Waals surface area (Å²) in [5, 5.41) is 13.1. The van der Waals surface area contributed by atoms with E-state index < -0.39 is 16.0 Å². The Kier molecular flexibility index (Phi) is 11.1. The largest absolute Gasteiger partial charge is 0.493 e. The average Bonchev–Trinajstić information content (AvgIpc) is 3.49. The van der Waals surface area contributed by atoms with Gasteiger partial charge < -0.3 is 19.6 Å². The van der Waals surface area contributed by atoms with Crippen molar-refractivity contribution in [3.05, 3.63) is 88.6 Å². The van der Waals surface area contributed by atoms with Gasteiger partial charge in [-0.05, 0) is 67.9 Å². The Morgan fingerprint density at radius 3 is 2.37 bits per heavy atom. The number of carboxylic acids is 1. The van der Waals surface area contributed by atoms with E-state index in [9.17, 15) is 18.3 Å². The van der Waals surface area contributed by atoms with E-state index in [2.05, 4.69) is 54.6 Å². The molecule has 3 aromatic heterocycles. The van der Waals surface area contributed by atoms with Crippen molar-refractivity contribution in [2.24, 2.45) is 5.41 Å². The summed E-state index contributed by atoms with van der Waals surface area (Å²) in [7, 11) is -2.69. The number of nitrogens with one attached hydrogen (secondary N) is 2. The third-order valence-corrected chi connectivity index (χ3v) is 9.84. The van der Waals surface area contributed by atoms with Gasteiger partial charge in [-0.3, -0.25) is 0 Å². The van der Waals surface area contributed by atoms with Gasteiger partial charge in [0, 0.05) is 30.1 Å². The number of hydrogen-bond donors (Lipinski definition) is 3. The number of anilines is 1. The average molecular weight is 715 g/mol. The lowest BCUT2D eigenvalue weighted by Gasteiger charge is -2.27. The lowest BCUT2D eigenvalue weighted by Crippen LogP contribution is -2.33. The molecule has 2 aromatic carbocycles. The summed E-state index contributed by atoms with van der Waals surface area (Å²) < 4.78 is 41.4. The summed E-state index contributed by atoms with van der Waals surface area (Å²) >= 11 is 0. The molecule has 0 bridgehead atoms. The molecule has 5 aromatic rings. The summed E-state index contributed by atoms with van der Waals surface area (Å²) in [5.41, 5.74) is 5.54. The van der Waals surface area contributed by atoms with Gasteiger partial charge in [0.2, 0.25) is 11.7 Å². The quantitative estimate of drug-likeness (QED) is 0.104. The van der Waals surface area contributed by atoms with Crippen molar-refractivity contribution in [2.75, 3.05) is 11.8 Å². The van der Waals surface area contributed by atoms with Crippen molar-refractivity contribution in [2.45, 2.75) is 91.1 Å². The molecule has 270 valence electrons. The smallest absolute Gasteiger partial charge is 0.335 e. The molecule has 0 fully saturated rings. The van der Waals surface area contributed by atoms with E-state index in [-0.39, 0.29) is 33.8 Å². The fourth-order valence-electron chi connectivity index (χ4n) is 6.08. The molecule has 1 atom stereocenters. The molecule has 0 spiro atoms. The van der Waals surface area contributed by atoms with Crippen LogP contribution in [0.25, 0.3) is 22.5 Å². The molecular formula is C38H46N6O6S. The first-order valence-corrected chi connectivity index (χ1v) is 18.4. The maximum atomic E-state index is 13.5. The highest BCUT2D eigenvalue weighted by atomic mass is 32.2. The highest BCUT2D eigenvalue weighted by Crippen LogP contribution is 2.37. The number of aromatic nitrogens is 4. The van der Waals surface area contributed by atoms with Gasteiger partial charge in [-0.25, -0.2) is 37.9 Å². The zero-order valence-electron chi connectivity index (χ0n) is 30.4. The number of carbonyl (C=O) groups is 1. The molecule has 0 aliphatic heterocycles. The van der Waals surface area contributed by atoms with Gasteiger partial charge in [0.1, 0.15) is 17.0 Å². The Morgan fingerprint density at radius 1 is 1.02 bits per heavy atom. The second kappa shape index (κ2) is 15.2. The minimum absolute atomic E-state index is 0.00547. The van der Waals surface area contributed by atoms with Crippen LogP contribution in [0.1, 0.15) is 92.0 Å². The van der Waals surface area contributed by atoms with Gasteiger partial charge in [0.15, 0.2) is 5.75 Å². The van der Waals surface area contributed by atoms with Crippen molar-refractivity contribution < 1.29 is 27.5 Å². The van der Waals surface area contributed by atoms with Gasteiger partial charge in [-0.2, -0.15) is 0 Å². The minimum Gasteiger partial charge on any atom is -0.493 e. The molecule has 0 amide bonds. The van der Waals surface area contributed by atoms with E-state index >= 15 is 0 Å². The molecule has 3 N–H and O–H groups in total. The van der Waals surface area contributed by atoms with Crippen LogP contribution in [0.15, 0.2) is 64.0 Å². The Bertz CT molecular complexity index is 2140. The predicted molar refractivity (Wildman–Crippen MR) is 197 cm³/mol. The van der Waals surface area contributed by atoms with Crippen LogP contribution in [0.3, 0.4) is 0 Å². The van der Waals surface area contributed by atoms with Crippen LogP contribution in [0, 0.1) is 19.3 Å². The van der Waals surface area contributed by atoms with E-state index in [1.54, 1.807) is 13.3 Å². The van der Waals surface area contributed by atoms with Crippen molar-refractivity contribution in [1.29, 1.82) is 0 Å². The molecule has 51 heavy (non-hydrogen) atoms. The second-order valence-electron chi connectivity index (χ2n) is 14.3. The van der Waals surface area contributed by atoms with E-state index in [0.717, 1.165) is 46.1 Å². The number of sulfonamides is 1. The van der Waals surface area contributed by atoms with Crippen LogP contribution >= 0.6 is 0 Å². The third kappa shape index (κ3) is 9.08. The summed E-state index contributed by atoms with van der Waals surface area (Å²) in [5.74, 6) is 0.144. The first kappa shape index (κ1) is 37.4. The van der Waals surface area contributed by atoms with Gasteiger partial charge in [0.25, 0.3) is 10.0 Å². The van der Waals surface area contributed by atoms with Crippen molar-refractivity contribution in [1.82, 2.24) is 25.3 Å². The van der Waals surface area contributed by atoms with E-state index in [0.29, 0.717) is 42.2 Å². The second-order valence-corrected chi connectivity index (χ2v) is 16.0. The zero-order chi connectivity index (χ0) is 37.1. The normalized spacial score (nSPS) is 12.7. The van der Waals surface area contributed by atoms with Gasteiger partial charge >= 0.3 is 5.97 Å². The Morgan fingerprint density at radius 2 is 1.73 bits per heavy atom. The SMILES string of the molecule is COc1c(CC[C@@H](CC(C)(C)C)NCc2cnc3oc(C(C)C)cc3n2)nc(NS(=O)(=O)c2cccc(C(=O)O)c2)nc1-c1c(C)cccc1C. The molecule has 0 saturated carbocycles. The van der Waals surface area contributed by atoms with Crippen molar-refractivity contribution in [3.8, 4) is 17.0 Å². The first-order chi connectivity index (χ1) is 24.0. The van der Waals surface area contributed by atoms with Gasteiger partial charge in [-0.15, -0.1) is 0 Å². The Labute approximate surface area is 299 Å². The summed E-state index contributed by atoms with van der Waals surface area (Å²) in [6.07, 6.45) is 3.64. The number of methoxy groups -OCH3 is 1. The van der Waals surface area contributed by atoms with E-state index in [1.165, 1.54) is 18.2 Å². The summed E-state index contributed by atoms with van der Waals surface area (Å²) in [6, 6.07) is 13.0. The number of fused-ring (bicyclic) bond motifs is 1. The number of nitrogens with zero attached hydrogens (tertiary/aromatic N) is 4. The maximum absolute atomic E-state index is 13.5. The molecule has 0 unspecified atom stereocenters. The van der Waals surface area contributed by atoms with Gasteiger partial charge in [-0.1, -0.05) is 58.9 Å². The number of benzene rings is 2. The molecule has 0 aliphatic rings. The fraction of sp³-hybridized carbons (Fsp3) is 0.395. The number of rotatable bonds is 14. The number of carboxylic acid groups (broad SMARTS) is 1. The number of aromatic carboxylic acids is 1. The van der Waals surface area contributed by atoms with Crippen LogP contribution in [0.4, 0.5) is 5.95 Å². The topological polar surface area (TPSA) is 169 Å². The van der Waals surface area contributed by atoms with E-state index in [1.807, 2.05) is 38.1 Å². The van der Waals surface area contributed by atoms with Crippen LogP contribution in [-0.4, -0.2) is 52.6 Å². The van der Waals surface area contributed by atoms with Crippen LogP contribution in [-0.2, 0) is 23.0 Å². The van der Waals surface area contributed by atoms with Crippen LogP contribution in [0.5, 0.6) is 5.75 Å². The number of ether oxygens (including phenoxy) is 1. The first-order valence-electron chi connectivity index (χ1n) is 16.9. The molecule has 5 rings (SSSR count). The monoisotopic (exact) mass is 714 g/mol. The highest BCUT2D eigenvalue weighted by Gasteiger charge is 2.25. The van der Waals surface area contributed by atoms with Crippen LogP contribution < -0.4 is 14.8 Å². The lowest BCUT2D eigenvalue weighted by atomic mass is 9.86. The minimum atomic E-state index is -4.25. The van der Waals surface area contributed by atoms with Crippen LogP contribution in [0.2, 0.25) is 0 Å². The zero-order valence-corrected chi connectivity index (χ0v) is 31.2. The fourth-order valence-corrected chi connectivity index (χ4v) is 7.07. The van der Waals surface area contributed by atoms with E-state index in [4.69, 9.17) is 19.1 Å². The predicted octanol–water partition coefficient (Wildman–Crippen LogP) is 7.45. The number of hydrogen-bond acceptors (Lipinski definition) is 10. The molecule has 0 saturated heterocycles. The van der Waals surface area contributed by atoms with Crippen molar-refractivity contribution >= 4 is 33.2 Å². The molecule has 3 heterocycles. The van der Waals surface area contributed by atoms with Gasteiger partial charge in [0.05, 0.1) is 35.2 Å². The highest BCUT2D eigenvalue weighted by molar-refractivity contribution is 7.92. The summed E-state index contributed by atoms with van der Waals surface area (Å²) in [4.78, 5) is 30.0. The Hall–Kier alpha value is -4.88. The standard InChI is InChI=1S/C38H46N6O6S/c1-22(2)31-18-30-35(50-31)40-21-27(41-30)20-39-26(19-38(5,6)7)15-16-29-34(49-8)33(32-23(3)11-9-12-24(32)4)43-37(42-29)44-51(47,48)28-14-10-13-25(17-28)36(45)46/h9-14,17-18,21-22,26,39H,15-16,19-20H2,1-8H3,(H,45,46)(H,42,43,44)/t26-/m0/s1. The molecule has 0 aliphatic carbocycles. The number of furan rings is 1.